The highest BCUT2D eigenvalue weighted by Gasteiger charge is 2.20. The van der Waals surface area contributed by atoms with Gasteiger partial charge in [-0.3, -0.25) is 9.52 Å². The van der Waals surface area contributed by atoms with E-state index in [0.29, 0.717) is 17.0 Å². The van der Waals surface area contributed by atoms with Gasteiger partial charge in [0.1, 0.15) is 5.75 Å². The van der Waals surface area contributed by atoms with Crippen molar-refractivity contribution in [3.05, 3.63) is 59.7 Å². The number of Topliss-reactive ketones (excluding diaryl/α,β-unsaturated/α-hetero) is 1. The van der Waals surface area contributed by atoms with E-state index in [0.717, 1.165) is 18.2 Å². The minimum atomic E-state index is -3.39. The van der Waals surface area contributed by atoms with E-state index in [-0.39, 0.29) is 6.61 Å². The molecule has 0 aliphatic heterocycles. The lowest BCUT2D eigenvalue weighted by molar-refractivity contribution is -0.148. The molecule has 0 radical (unpaired) electrons. The third kappa shape index (κ3) is 6.70. The average molecular weight is 405 g/mol. The number of anilines is 1. The average Bonchev–Trinajstić information content (AvgIpc) is 2.65. The van der Waals surface area contributed by atoms with E-state index in [1.807, 2.05) is 19.1 Å². The van der Waals surface area contributed by atoms with Gasteiger partial charge in [-0.1, -0.05) is 19.1 Å². The van der Waals surface area contributed by atoms with Crippen LogP contribution < -0.4 is 9.46 Å². The number of sulfonamides is 1. The van der Waals surface area contributed by atoms with E-state index >= 15 is 0 Å². The Labute approximate surface area is 164 Å². The summed E-state index contributed by atoms with van der Waals surface area (Å²) < 4.78 is 35.2. The second kappa shape index (κ2) is 9.36. The topological polar surface area (TPSA) is 98.8 Å². The van der Waals surface area contributed by atoms with Crippen molar-refractivity contribution in [2.75, 3.05) is 17.6 Å². The predicted octanol–water partition coefficient (Wildman–Crippen LogP) is 2.81. The van der Waals surface area contributed by atoms with E-state index in [2.05, 4.69) is 4.72 Å². The van der Waals surface area contributed by atoms with Gasteiger partial charge in [0.25, 0.3) is 0 Å². The zero-order valence-electron chi connectivity index (χ0n) is 16.0. The molecule has 2 aromatic carbocycles. The molecule has 2 rings (SSSR count). The van der Waals surface area contributed by atoms with Crippen LogP contribution in [0.2, 0.25) is 0 Å². The van der Waals surface area contributed by atoms with Gasteiger partial charge in [-0.25, -0.2) is 13.2 Å². The van der Waals surface area contributed by atoms with Crippen molar-refractivity contribution in [1.29, 1.82) is 0 Å². The van der Waals surface area contributed by atoms with Crippen LogP contribution in [0.4, 0.5) is 5.69 Å². The number of carbonyl (C=O) groups excluding carboxylic acids is 2. The van der Waals surface area contributed by atoms with Crippen molar-refractivity contribution in [1.82, 2.24) is 0 Å². The normalized spacial score (nSPS) is 12.1. The number of carbonyl (C=O) groups is 2. The van der Waals surface area contributed by atoms with Crippen molar-refractivity contribution in [3.8, 4) is 5.75 Å². The number of rotatable bonds is 9. The minimum absolute atomic E-state index is 0.301. The highest BCUT2D eigenvalue weighted by molar-refractivity contribution is 7.92. The lowest BCUT2D eigenvalue weighted by Gasteiger charge is -2.13. The first-order chi connectivity index (χ1) is 13.2. The van der Waals surface area contributed by atoms with Gasteiger partial charge in [0, 0.05) is 11.3 Å². The summed E-state index contributed by atoms with van der Waals surface area (Å²) in [6, 6.07) is 13.2. The highest BCUT2D eigenvalue weighted by atomic mass is 32.2. The number of nitrogens with one attached hydrogen (secondary N) is 1. The second-order valence-electron chi connectivity index (χ2n) is 6.23. The number of hydrogen-bond acceptors (Lipinski definition) is 6. The van der Waals surface area contributed by atoms with E-state index in [1.54, 1.807) is 12.1 Å². The third-order valence-electron chi connectivity index (χ3n) is 3.84. The molecule has 0 saturated heterocycles. The largest absolute Gasteiger partial charge is 0.482 e. The van der Waals surface area contributed by atoms with Crippen molar-refractivity contribution < 1.29 is 27.5 Å². The summed E-state index contributed by atoms with van der Waals surface area (Å²) in [5, 5.41) is 0. The van der Waals surface area contributed by atoms with Gasteiger partial charge in [-0.15, -0.1) is 0 Å². The molecule has 0 unspecified atom stereocenters. The molecule has 150 valence electrons. The Morgan fingerprint density at radius 2 is 1.64 bits per heavy atom. The smallest absolute Gasteiger partial charge is 0.344 e. The molecule has 0 heterocycles. The summed E-state index contributed by atoms with van der Waals surface area (Å²) in [5.41, 5.74) is 1.80. The van der Waals surface area contributed by atoms with Crippen LogP contribution in [0.3, 0.4) is 0 Å². The second-order valence-corrected chi connectivity index (χ2v) is 7.98. The Morgan fingerprint density at radius 3 is 2.18 bits per heavy atom. The van der Waals surface area contributed by atoms with Crippen LogP contribution in [0.1, 0.15) is 29.8 Å². The zero-order valence-corrected chi connectivity index (χ0v) is 16.8. The Kier molecular flexibility index (Phi) is 7.17. The lowest BCUT2D eigenvalue weighted by Crippen LogP contribution is -2.27. The molecule has 8 heteroatoms. The molecule has 7 nitrogen and oxygen atoms in total. The molecule has 0 amide bonds. The van der Waals surface area contributed by atoms with Crippen LogP contribution in [0.15, 0.2) is 48.5 Å². The molecule has 0 spiro atoms. The summed E-state index contributed by atoms with van der Waals surface area (Å²) in [4.78, 5) is 24.3. The van der Waals surface area contributed by atoms with Crippen molar-refractivity contribution in [3.63, 3.8) is 0 Å². The summed E-state index contributed by atoms with van der Waals surface area (Å²) in [6.07, 6.45) is 0.952. The third-order valence-corrected chi connectivity index (χ3v) is 4.44. The molecule has 0 fully saturated rings. The maximum atomic E-state index is 12.4. The Morgan fingerprint density at radius 1 is 1.04 bits per heavy atom. The van der Waals surface area contributed by atoms with E-state index in [1.165, 1.54) is 31.2 Å². The predicted molar refractivity (Wildman–Crippen MR) is 106 cm³/mol. The first-order valence-electron chi connectivity index (χ1n) is 8.71. The number of ketones is 1. The van der Waals surface area contributed by atoms with Crippen LogP contribution >= 0.6 is 0 Å². The lowest BCUT2D eigenvalue weighted by atomic mass is 10.1. The van der Waals surface area contributed by atoms with Gasteiger partial charge in [-0.05, 0) is 55.3 Å². The number of ether oxygens (including phenoxy) is 2. The van der Waals surface area contributed by atoms with Gasteiger partial charge >= 0.3 is 5.97 Å². The van der Waals surface area contributed by atoms with Crippen LogP contribution in [0.5, 0.6) is 5.75 Å². The fraction of sp³-hybridized carbons (Fsp3) is 0.300. The summed E-state index contributed by atoms with van der Waals surface area (Å²) in [7, 11) is -3.39. The molecule has 0 bridgehead atoms. The van der Waals surface area contributed by atoms with Crippen LogP contribution in [-0.2, 0) is 26.0 Å². The van der Waals surface area contributed by atoms with Crippen LogP contribution in [0, 0.1) is 0 Å². The number of aryl methyl sites for hydroxylation is 1. The summed E-state index contributed by atoms with van der Waals surface area (Å²) in [5.74, 6) is -0.510. The van der Waals surface area contributed by atoms with Gasteiger partial charge in [0.05, 0.1) is 6.26 Å². The van der Waals surface area contributed by atoms with E-state index in [9.17, 15) is 18.0 Å². The number of benzene rings is 2. The summed E-state index contributed by atoms with van der Waals surface area (Å²) >= 11 is 0. The van der Waals surface area contributed by atoms with Gasteiger partial charge < -0.3 is 9.47 Å². The number of hydrogen-bond donors (Lipinski definition) is 1. The van der Waals surface area contributed by atoms with Crippen LogP contribution in [0.25, 0.3) is 0 Å². The molecule has 1 atom stereocenters. The highest BCUT2D eigenvalue weighted by Crippen LogP contribution is 2.15. The van der Waals surface area contributed by atoms with Crippen molar-refractivity contribution in [2.45, 2.75) is 26.4 Å². The monoisotopic (exact) mass is 405 g/mol. The molecule has 0 aliphatic rings. The molecule has 2 aromatic rings. The quantitative estimate of drug-likeness (QED) is 0.509. The van der Waals surface area contributed by atoms with E-state index in [4.69, 9.17) is 9.47 Å². The van der Waals surface area contributed by atoms with Crippen molar-refractivity contribution >= 4 is 27.5 Å². The molecule has 28 heavy (non-hydrogen) atoms. The Bertz CT molecular complexity index is 920. The molecule has 0 aliphatic carbocycles. The molecule has 0 aromatic heterocycles. The molecule has 0 saturated carbocycles. The first kappa shape index (κ1) is 21.4. The van der Waals surface area contributed by atoms with Crippen molar-refractivity contribution in [2.24, 2.45) is 0 Å². The number of esters is 1. The minimum Gasteiger partial charge on any atom is -0.482 e. The van der Waals surface area contributed by atoms with Gasteiger partial charge in [0.2, 0.25) is 15.8 Å². The van der Waals surface area contributed by atoms with Gasteiger partial charge in [-0.2, -0.15) is 0 Å². The molecular formula is C20H23NO6S. The van der Waals surface area contributed by atoms with E-state index < -0.39 is 27.9 Å². The Hall–Kier alpha value is -2.87. The Balaban J connectivity index is 1.87. The summed E-state index contributed by atoms with van der Waals surface area (Å²) in [6.45, 7) is 3.21. The van der Waals surface area contributed by atoms with Crippen LogP contribution in [-0.4, -0.2) is 39.1 Å². The maximum absolute atomic E-state index is 12.4. The standard InChI is InChI=1S/C20H23NO6S/c1-4-15-5-11-18(12-6-15)26-13-19(22)27-14(2)20(23)16-7-9-17(10-8-16)21-28(3,24)25/h5-12,14,21H,4,13H2,1-3H3/t14-/m0/s1. The fourth-order valence-electron chi connectivity index (χ4n) is 2.40. The SMILES string of the molecule is CCc1ccc(OCC(=O)O[C@@H](C)C(=O)c2ccc(NS(C)(=O)=O)cc2)cc1. The zero-order chi connectivity index (χ0) is 20.7. The first-order valence-corrected chi connectivity index (χ1v) is 10.6. The maximum Gasteiger partial charge on any atom is 0.344 e. The van der Waals surface area contributed by atoms with Gasteiger partial charge in [0.15, 0.2) is 12.7 Å². The molecular weight excluding hydrogens is 382 g/mol. The molecule has 1 N–H and O–H groups in total. The fourth-order valence-corrected chi connectivity index (χ4v) is 2.96.